The van der Waals surface area contributed by atoms with Gasteiger partial charge in [0.2, 0.25) is 0 Å². The summed E-state index contributed by atoms with van der Waals surface area (Å²) in [6.45, 7) is 11.5. The maximum atomic E-state index is 12.9. The van der Waals surface area contributed by atoms with Crippen molar-refractivity contribution in [1.29, 1.82) is 0 Å². The van der Waals surface area contributed by atoms with E-state index in [-0.39, 0.29) is 18.1 Å². The fourth-order valence-corrected chi connectivity index (χ4v) is 4.23. The van der Waals surface area contributed by atoms with E-state index >= 15 is 0 Å². The van der Waals surface area contributed by atoms with Crippen molar-refractivity contribution in [2.24, 2.45) is 0 Å². The summed E-state index contributed by atoms with van der Waals surface area (Å²) in [5.41, 5.74) is 2.92. The van der Waals surface area contributed by atoms with Gasteiger partial charge in [-0.3, -0.25) is 0 Å². The van der Waals surface area contributed by atoms with E-state index in [0.29, 0.717) is 24.2 Å². The van der Waals surface area contributed by atoms with Gasteiger partial charge in [0.25, 0.3) is 0 Å². The number of allylic oxidation sites excluding steroid dienone is 3. The lowest BCUT2D eigenvalue weighted by atomic mass is 9.98. The summed E-state index contributed by atoms with van der Waals surface area (Å²) in [4.78, 5) is 16.9. The van der Waals surface area contributed by atoms with Gasteiger partial charge in [0.1, 0.15) is 0 Å². The number of halogens is 3. The minimum atomic E-state index is -4.34. The highest BCUT2D eigenvalue weighted by Gasteiger charge is 2.35. The summed E-state index contributed by atoms with van der Waals surface area (Å²) in [5.74, 6) is 0. The summed E-state index contributed by atoms with van der Waals surface area (Å²) >= 11 is 0. The number of rotatable bonds is 3. The zero-order chi connectivity index (χ0) is 22.1. The first-order chi connectivity index (χ1) is 14.1. The van der Waals surface area contributed by atoms with Crippen LogP contribution in [0.25, 0.3) is 5.57 Å². The van der Waals surface area contributed by atoms with Crippen LogP contribution in [-0.4, -0.2) is 41.0 Å². The molecular weight excluding hydrogens is 389 g/mol. The zero-order valence-electron chi connectivity index (χ0n) is 17.8. The standard InChI is InChI=1S/C24H29F3N2O/c1-16(20-9-11-22(12-10-20)24(25,26)27)5-8-21-13-14-28(15-17(21)2)23(30)29-18(3)6-7-19(29)4/h5,8-12,18-19H,1,6-7,13-15H2,2-4H3/b8-5-/t18-,19-/m1/s1. The maximum absolute atomic E-state index is 12.9. The van der Waals surface area contributed by atoms with Crippen molar-refractivity contribution in [3.8, 4) is 0 Å². The Kier molecular flexibility index (Phi) is 6.44. The molecule has 2 atom stereocenters. The number of alkyl halides is 3. The van der Waals surface area contributed by atoms with Crippen molar-refractivity contribution >= 4 is 11.6 Å². The summed E-state index contributed by atoms with van der Waals surface area (Å²) < 4.78 is 38.1. The van der Waals surface area contributed by atoms with Gasteiger partial charge in [0.15, 0.2) is 0 Å². The summed E-state index contributed by atoms with van der Waals surface area (Å²) in [7, 11) is 0. The van der Waals surface area contributed by atoms with Gasteiger partial charge in [-0.05, 0) is 68.9 Å². The van der Waals surface area contributed by atoms with Gasteiger partial charge < -0.3 is 9.80 Å². The van der Waals surface area contributed by atoms with Gasteiger partial charge in [-0.2, -0.15) is 13.2 Å². The Labute approximate surface area is 176 Å². The Bertz CT molecular complexity index is 857. The SMILES string of the molecule is C=C(/C=C\C1=C(C)CN(C(=O)N2[C@H](C)CC[C@H]2C)CC1)c1ccc(C(F)(F)F)cc1. The number of carbonyl (C=O) groups excluding carboxylic acids is 1. The van der Waals surface area contributed by atoms with Crippen LogP contribution in [0, 0.1) is 0 Å². The molecule has 1 fully saturated rings. The van der Waals surface area contributed by atoms with Gasteiger partial charge in [0, 0.05) is 25.2 Å². The second-order valence-electron chi connectivity index (χ2n) is 8.38. The van der Waals surface area contributed by atoms with Crippen LogP contribution < -0.4 is 0 Å². The first kappa shape index (κ1) is 22.2. The predicted octanol–water partition coefficient (Wildman–Crippen LogP) is 6.29. The molecule has 6 heteroatoms. The van der Waals surface area contributed by atoms with Gasteiger partial charge in [-0.15, -0.1) is 0 Å². The average Bonchev–Trinajstić information content (AvgIpc) is 3.03. The maximum Gasteiger partial charge on any atom is 0.416 e. The van der Waals surface area contributed by atoms with Crippen molar-refractivity contribution in [2.45, 2.75) is 58.3 Å². The van der Waals surface area contributed by atoms with Crippen LogP contribution in [0.4, 0.5) is 18.0 Å². The van der Waals surface area contributed by atoms with E-state index in [1.54, 1.807) is 0 Å². The van der Waals surface area contributed by atoms with Crippen LogP contribution in [0.5, 0.6) is 0 Å². The van der Waals surface area contributed by atoms with Crippen LogP contribution in [-0.2, 0) is 6.18 Å². The zero-order valence-corrected chi connectivity index (χ0v) is 17.8. The summed E-state index contributed by atoms with van der Waals surface area (Å²) in [6, 6.07) is 5.71. The molecule has 0 unspecified atom stereocenters. The molecule has 2 heterocycles. The molecule has 2 aliphatic heterocycles. The molecule has 30 heavy (non-hydrogen) atoms. The Morgan fingerprint density at radius 2 is 1.73 bits per heavy atom. The van der Waals surface area contributed by atoms with Crippen LogP contribution in [0.15, 0.2) is 54.1 Å². The van der Waals surface area contributed by atoms with E-state index < -0.39 is 11.7 Å². The number of amides is 2. The molecule has 1 saturated heterocycles. The molecule has 2 aliphatic rings. The van der Waals surface area contributed by atoms with Crippen LogP contribution in [0.2, 0.25) is 0 Å². The smallest absolute Gasteiger partial charge is 0.320 e. The average molecular weight is 419 g/mol. The van der Waals surface area contributed by atoms with Crippen molar-refractivity contribution in [2.75, 3.05) is 13.1 Å². The highest BCUT2D eigenvalue weighted by molar-refractivity contribution is 5.76. The van der Waals surface area contributed by atoms with E-state index in [0.717, 1.165) is 42.5 Å². The molecule has 0 aliphatic carbocycles. The molecule has 0 saturated carbocycles. The Balaban J connectivity index is 1.64. The van der Waals surface area contributed by atoms with Crippen LogP contribution in [0.3, 0.4) is 0 Å². The highest BCUT2D eigenvalue weighted by atomic mass is 19.4. The first-order valence-corrected chi connectivity index (χ1v) is 10.4. The number of nitrogens with zero attached hydrogens (tertiary/aromatic N) is 2. The molecule has 0 spiro atoms. The molecule has 0 aromatic heterocycles. The number of hydrogen-bond acceptors (Lipinski definition) is 1. The molecule has 0 N–H and O–H groups in total. The first-order valence-electron chi connectivity index (χ1n) is 10.4. The third kappa shape index (κ3) is 4.79. The number of urea groups is 1. The third-order valence-corrected chi connectivity index (χ3v) is 6.14. The number of hydrogen-bond donors (Lipinski definition) is 0. The molecule has 3 nitrogen and oxygen atoms in total. The predicted molar refractivity (Wildman–Crippen MR) is 114 cm³/mol. The minimum absolute atomic E-state index is 0.115. The summed E-state index contributed by atoms with van der Waals surface area (Å²) in [5, 5.41) is 0. The molecule has 162 valence electrons. The largest absolute Gasteiger partial charge is 0.416 e. The van der Waals surface area contributed by atoms with Crippen molar-refractivity contribution in [3.63, 3.8) is 0 Å². The Morgan fingerprint density at radius 1 is 1.13 bits per heavy atom. The van der Waals surface area contributed by atoms with Gasteiger partial charge in [-0.25, -0.2) is 4.79 Å². The van der Waals surface area contributed by atoms with Crippen molar-refractivity contribution < 1.29 is 18.0 Å². The second kappa shape index (κ2) is 8.70. The number of benzene rings is 1. The van der Waals surface area contributed by atoms with Crippen molar-refractivity contribution in [3.05, 3.63) is 65.3 Å². The quantitative estimate of drug-likeness (QED) is 0.529. The molecule has 1 aromatic carbocycles. The van der Waals surface area contributed by atoms with Gasteiger partial charge >= 0.3 is 12.2 Å². The normalized spacial score (nSPS) is 22.9. The summed E-state index contributed by atoms with van der Waals surface area (Å²) in [6.07, 6.45) is 2.33. The molecule has 2 amide bonds. The molecule has 1 aromatic rings. The molecule has 0 radical (unpaired) electrons. The lowest BCUT2D eigenvalue weighted by molar-refractivity contribution is -0.137. The van der Waals surface area contributed by atoms with E-state index in [9.17, 15) is 18.0 Å². The molecule has 3 rings (SSSR count). The lowest BCUT2D eigenvalue weighted by Crippen LogP contribution is -2.49. The van der Waals surface area contributed by atoms with E-state index in [4.69, 9.17) is 0 Å². The van der Waals surface area contributed by atoms with Gasteiger partial charge in [-0.1, -0.05) is 36.4 Å². The van der Waals surface area contributed by atoms with Crippen LogP contribution >= 0.6 is 0 Å². The van der Waals surface area contributed by atoms with Crippen molar-refractivity contribution in [1.82, 2.24) is 9.80 Å². The Morgan fingerprint density at radius 3 is 2.27 bits per heavy atom. The molecular formula is C24H29F3N2O. The Hall–Kier alpha value is -2.50. The number of likely N-dealkylation sites (tertiary alicyclic amines) is 1. The fourth-order valence-electron chi connectivity index (χ4n) is 4.23. The highest BCUT2D eigenvalue weighted by Crippen LogP contribution is 2.31. The van der Waals surface area contributed by atoms with E-state index in [2.05, 4.69) is 20.4 Å². The molecule has 0 bridgehead atoms. The van der Waals surface area contributed by atoms with E-state index in [1.165, 1.54) is 12.1 Å². The lowest BCUT2D eigenvalue weighted by Gasteiger charge is -2.36. The topological polar surface area (TPSA) is 23.6 Å². The number of carbonyl (C=O) groups is 1. The van der Waals surface area contributed by atoms with Gasteiger partial charge in [0.05, 0.1) is 5.56 Å². The third-order valence-electron chi connectivity index (χ3n) is 6.14. The minimum Gasteiger partial charge on any atom is -0.320 e. The fraction of sp³-hybridized carbons (Fsp3) is 0.458. The van der Waals surface area contributed by atoms with Crippen LogP contribution in [0.1, 0.15) is 51.2 Å². The second-order valence-corrected chi connectivity index (χ2v) is 8.38. The van der Waals surface area contributed by atoms with E-state index in [1.807, 2.05) is 28.9 Å². The monoisotopic (exact) mass is 418 g/mol.